The number of carbonyl (C=O) groups excluding carboxylic acids is 1. The van der Waals surface area contributed by atoms with Crippen LogP contribution < -0.4 is 10.6 Å². The van der Waals surface area contributed by atoms with Gasteiger partial charge in [0.25, 0.3) is 0 Å². The standard InChI is InChI=1S/C17H23N5OS/c1-12(19-17(23)20-14-5-8-16(11-14)24-2)13-3-6-15(7-4-13)22-10-9-18-21-22/h3-4,6-7,9-10,12,14,16H,5,8,11H2,1-2H3,(H2,19,20,23)/t12-,14-,16+/m0/s1. The van der Waals surface area contributed by atoms with Crippen LogP contribution in [0.5, 0.6) is 0 Å². The third kappa shape index (κ3) is 4.08. The number of nitrogens with zero attached hydrogens (tertiary/aromatic N) is 3. The molecule has 2 amide bonds. The molecule has 3 rings (SSSR count). The predicted molar refractivity (Wildman–Crippen MR) is 96.4 cm³/mol. The van der Waals surface area contributed by atoms with E-state index in [-0.39, 0.29) is 12.1 Å². The van der Waals surface area contributed by atoms with Crippen molar-refractivity contribution >= 4 is 17.8 Å². The number of carbonyl (C=O) groups is 1. The molecule has 6 nitrogen and oxygen atoms in total. The number of urea groups is 1. The molecule has 7 heteroatoms. The highest BCUT2D eigenvalue weighted by Gasteiger charge is 2.25. The lowest BCUT2D eigenvalue weighted by Crippen LogP contribution is -2.42. The Labute approximate surface area is 146 Å². The molecule has 0 radical (unpaired) electrons. The number of hydrogen-bond donors (Lipinski definition) is 2. The lowest BCUT2D eigenvalue weighted by Gasteiger charge is -2.18. The Morgan fingerprint density at radius 1 is 1.33 bits per heavy atom. The molecule has 1 aromatic heterocycles. The van der Waals surface area contributed by atoms with Crippen LogP contribution in [-0.4, -0.2) is 38.6 Å². The summed E-state index contributed by atoms with van der Waals surface area (Å²) in [4.78, 5) is 12.2. The van der Waals surface area contributed by atoms with Crippen molar-refractivity contribution in [3.8, 4) is 5.69 Å². The van der Waals surface area contributed by atoms with Crippen LogP contribution in [-0.2, 0) is 0 Å². The summed E-state index contributed by atoms with van der Waals surface area (Å²) in [5.41, 5.74) is 2.00. The van der Waals surface area contributed by atoms with E-state index >= 15 is 0 Å². The van der Waals surface area contributed by atoms with Crippen LogP contribution in [0.3, 0.4) is 0 Å². The van der Waals surface area contributed by atoms with Crippen LogP contribution in [0.4, 0.5) is 4.79 Å². The van der Waals surface area contributed by atoms with Gasteiger partial charge in [-0.15, -0.1) is 5.10 Å². The molecule has 0 bridgehead atoms. The number of rotatable bonds is 5. The van der Waals surface area contributed by atoms with Crippen LogP contribution in [0.25, 0.3) is 5.69 Å². The molecule has 2 aromatic rings. The Morgan fingerprint density at radius 2 is 2.12 bits per heavy atom. The molecule has 1 aliphatic carbocycles. The number of thioether (sulfide) groups is 1. The minimum atomic E-state index is -0.0883. The van der Waals surface area contributed by atoms with E-state index in [2.05, 4.69) is 27.2 Å². The van der Waals surface area contributed by atoms with E-state index in [0.29, 0.717) is 11.3 Å². The van der Waals surface area contributed by atoms with Crippen LogP contribution in [0, 0.1) is 0 Å². The zero-order chi connectivity index (χ0) is 16.9. The molecule has 0 aliphatic heterocycles. The first-order valence-corrected chi connectivity index (χ1v) is 9.51. The Hall–Kier alpha value is -2.02. The van der Waals surface area contributed by atoms with Gasteiger partial charge < -0.3 is 10.6 Å². The fraction of sp³-hybridized carbons (Fsp3) is 0.471. The lowest BCUT2D eigenvalue weighted by molar-refractivity contribution is 0.234. The van der Waals surface area contributed by atoms with Gasteiger partial charge in [-0.2, -0.15) is 11.8 Å². The van der Waals surface area contributed by atoms with Crippen molar-refractivity contribution in [1.82, 2.24) is 25.6 Å². The second-order valence-electron chi connectivity index (χ2n) is 6.15. The maximum Gasteiger partial charge on any atom is 0.315 e. The quantitative estimate of drug-likeness (QED) is 0.874. The number of benzene rings is 1. The zero-order valence-electron chi connectivity index (χ0n) is 14.0. The molecule has 0 saturated heterocycles. The molecule has 2 N–H and O–H groups in total. The molecule has 3 atom stereocenters. The van der Waals surface area contributed by atoms with E-state index in [9.17, 15) is 4.79 Å². The van der Waals surface area contributed by atoms with E-state index in [4.69, 9.17) is 0 Å². The van der Waals surface area contributed by atoms with E-state index < -0.39 is 0 Å². The van der Waals surface area contributed by atoms with Crippen molar-refractivity contribution in [3.63, 3.8) is 0 Å². The largest absolute Gasteiger partial charge is 0.335 e. The first-order valence-electron chi connectivity index (χ1n) is 8.22. The number of aromatic nitrogens is 3. The molecular formula is C17H23N5OS. The SMILES string of the molecule is CS[C@@H]1CC[C@H](NC(=O)N[C@@H](C)c2ccc(-n3ccnn3)cc2)C1. The average Bonchev–Trinajstić information content (AvgIpc) is 3.26. The Morgan fingerprint density at radius 3 is 2.75 bits per heavy atom. The van der Waals surface area contributed by atoms with E-state index in [0.717, 1.165) is 24.1 Å². The molecule has 128 valence electrons. The van der Waals surface area contributed by atoms with Gasteiger partial charge in [-0.1, -0.05) is 17.3 Å². The fourth-order valence-electron chi connectivity index (χ4n) is 3.05. The predicted octanol–water partition coefficient (Wildman–Crippen LogP) is 2.91. The monoisotopic (exact) mass is 345 g/mol. The van der Waals surface area contributed by atoms with Gasteiger partial charge in [-0.25, -0.2) is 9.48 Å². The van der Waals surface area contributed by atoms with Gasteiger partial charge in [-0.3, -0.25) is 0 Å². The maximum absolute atomic E-state index is 12.2. The third-order valence-corrected chi connectivity index (χ3v) is 5.58. The number of hydrogen-bond acceptors (Lipinski definition) is 4. The third-order valence-electron chi connectivity index (χ3n) is 4.48. The molecule has 1 aliphatic rings. The van der Waals surface area contributed by atoms with E-state index in [1.807, 2.05) is 43.0 Å². The first-order chi connectivity index (χ1) is 11.7. The van der Waals surface area contributed by atoms with E-state index in [1.165, 1.54) is 6.42 Å². The molecule has 1 aromatic carbocycles. The van der Waals surface area contributed by atoms with Crippen LogP contribution in [0.2, 0.25) is 0 Å². The highest BCUT2D eigenvalue weighted by molar-refractivity contribution is 7.99. The summed E-state index contributed by atoms with van der Waals surface area (Å²) in [5, 5.41) is 14.6. The second-order valence-corrected chi connectivity index (χ2v) is 7.28. The zero-order valence-corrected chi connectivity index (χ0v) is 14.8. The highest BCUT2D eigenvalue weighted by atomic mass is 32.2. The molecule has 1 fully saturated rings. The van der Waals surface area contributed by atoms with Crippen molar-refractivity contribution in [2.45, 2.75) is 43.5 Å². The summed E-state index contributed by atoms with van der Waals surface area (Å²) < 4.78 is 1.71. The maximum atomic E-state index is 12.2. The Bertz CT molecular complexity index is 658. The Balaban J connectivity index is 1.53. The van der Waals surface area contributed by atoms with Crippen molar-refractivity contribution in [2.24, 2.45) is 0 Å². The first kappa shape index (κ1) is 16.8. The Kier molecular flexibility index (Phi) is 5.40. The topological polar surface area (TPSA) is 71.8 Å². The molecule has 0 unspecified atom stereocenters. The summed E-state index contributed by atoms with van der Waals surface area (Å²) >= 11 is 1.89. The van der Waals surface area contributed by atoms with Gasteiger partial charge in [-0.05, 0) is 50.1 Å². The van der Waals surface area contributed by atoms with E-state index in [1.54, 1.807) is 17.1 Å². The normalized spacial score (nSPS) is 21.4. The van der Waals surface area contributed by atoms with Crippen molar-refractivity contribution in [3.05, 3.63) is 42.2 Å². The minimum Gasteiger partial charge on any atom is -0.335 e. The highest BCUT2D eigenvalue weighted by Crippen LogP contribution is 2.28. The summed E-state index contributed by atoms with van der Waals surface area (Å²) in [6.45, 7) is 1.99. The van der Waals surface area contributed by atoms with Crippen LogP contribution in [0.1, 0.15) is 37.8 Å². The summed E-state index contributed by atoms with van der Waals surface area (Å²) in [6, 6.07) is 8.11. The second kappa shape index (κ2) is 7.70. The summed E-state index contributed by atoms with van der Waals surface area (Å²) in [6.07, 6.45) is 8.90. The van der Waals surface area contributed by atoms with Gasteiger partial charge in [0, 0.05) is 11.3 Å². The molecular weight excluding hydrogens is 322 g/mol. The van der Waals surface area contributed by atoms with Crippen molar-refractivity contribution in [1.29, 1.82) is 0 Å². The fourth-order valence-corrected chi connectivity index (χ4v) is 3.85. The van der Waals surface area contributed by atoms with Gasteiger partial charge in [0.05, 0.1) is 24.1 Å². The number of amides is 2. The number of nitrogens with one attached hydrogen (secondary N) is 2. The molecule has 0 spiro atoms. The van der Waals surface area contributed by atoms with Crippen LogP contribution >= 0.6 is 11.8 Å². The summed E-state index contributed by atoms with van der Waals surface area (Å²) in [5.74, 6) is 0. The van der Waals surface area contributed by atoms with Crippen molar-refractivity contribution in [2.75, 3.05) is 6.26 Å². The molecule has 24 heavy (non-hydrogen) atoms. The van der Waals surface area contributed by atoms with Gasteiger partial charge in [0.2, 0.25) is 0 Å². The smallest absolute Gasteiger partial charge is 0.315 e. The van der Waals surface area contributed by atoms with Gasteiger partial charge in [0.1, 0.15) is 0 Å². The summed E-state index contributed by atoms with van der Waals surface area (Å²) in [7, 11) is 0. The molecule has 1 saturated carbocycles. The average molecular weight is 345 g/mol. The molecule has 1 heterocycles. The van der Waals surface area contributed by atoms with Crippen molar-refractivity contribution < 1.29 is 4.79 Å². The van der Waals surface area contributed by atoms with Crippen LogP contribution in [0.15, 0.2) is 36.7 Å². The van der Waals surface area contributed by atoms with Gasteiger partial charge in [0.15, 0.2) is 0 Å². The lowest BCUT2D eigenvalue weighted by atomic mass is 10.1. The minimum absolute atomic E-state index is 0.0486. The van der Waals surface area contributed by atoms with Gasteiger partial charge >= 0.3 is 6.03 Å².